The summed E-state index contributed by atoms with van der Waals surface area (Å²) in [5, 5.41) is 4.86. The Labute approximate surface area is 163 Å². The lowest BCUT2D eigenvalue weighted by Crippen LogP contribution is -2.49. The minimum Gasteiger partial charge on any atom is -0.490 e. The molecule has 1 aliphatic rings. The van der Waals surface area contributed by atoms with Crippen LogP contribution in [0.25, 0.3) is 0 Å². The molecular weight excluding hydrogens is 368 g/mol. The first kappa shape index (κ1) is 19.2. The van der Waals surface area contributed by atoms with Crippen LogP contribution in [-0.4, -0.2) is 45.7 Å². The number of carbonyl (C=O) groups is 2. The predicted octanol–water partition coefficient (Wildman–Crippen LogP) is 2.17. The van der Waals surface area contributed by atoms with E-state index in [0.29, 0.717) is 41.5 Å². The molecule has 0 saturated carbocycles. The van der Waals surface area contributed by atoms with E-state index in [0.717, 1.165) is 0 Å². The average Bonchev–Trinajstić information content (AvgIpc) is 2.95. The van der Waals surface area contributed by atoms with Gasteiger partial charge in [-0.05, 0) is 31.2 Å². The molecule has 1 fully saturated rings. The lowest BCUT2D eigenvalue weighted by Gasteiger charge is -2.38. The van der Waals surface area contributed by atoms with Crippen molar-refractivity contribution in [3.63, 3.8) is 0 Å². The van der Waals surface area contributed by atoms with Gasteiger partial charge in [0.2, 0.25) is 5.91 Å². The zero-order chi connectivity index (χ0) is 19.6. The second-order valence-electron chi connectivity index (χ2n) is 6.88. The highest BCUT2D eigenvalue weighted by Gasteiger charge is 2.35. The Morgan fingerprint density at radius 1 is 1.33 bits per heavy atom. The fourth-order valence-electron chi connectivity index (χ4n) is 3.47. The van der Waals surface area contributed by atoms with E-state index in [2.05, 4.69) is 5.10 Å². The summed E-state index contributed by atoms with van der Waals surface area (Å²) in [6, 6.07) is 7.09. The van der Waals surface area contributed by atoms with Crippen molar-refractivity contribution in [3.05, 3.63) is 46.7 Å². The molecule has 2 N–H and O–H groups in total. The van der Waals surface area contributed by atoms with Gasteiger partial charge in [-0.3, -0.25) is 14.3 Å². The predicted molar refractivity (Wildman–Crippen MR) is 102 cm³/mol. The van der Waals surface area contributed by atoms with Crippen molar-refractivity contribution >= 4 is 23.4 Å². The summed E-state index contributed by atoms with van der Waals surface area (Å²) in [5.41, 5.74) is 6.69. The monoisotopic (exact) mass is 390 g/mol. The molecule has 0 unspecified atom stereocenters. The van der Waals surface area contributed by atoms with Gasteiger partial charge in [0.1, 0.15) is 11.9 Å². The maximum atomic E-state index is 12.9. The first-order valence-corrected chi connectivity index (χ1v) is 9.21. The molecule has 0 spiro atoms. The minimum atomic E-state index is -0.406. The number of aromatic nitrogens is 2. The molecule has 0 aliphatic carbocycles. The van der Waals surface area contributed by atoms with Crippen LogP contribution < -0.4 is 10.5 Å². The number of nitrogens with zero attached hydrogens (tertiary/aromatic N) is 3. The highest BCUT2D eigenvalue weighted by molar-refractivity contribution is 6.30. The number of primary amides is 1. The summed E-state index contributed by atoms with van der Waals surface area (Å²) in [5.74, 6) is 0.0196. The number of benzene rings is 1. The van der Waals surface area contributed by atoms with E-state index >= 15 is 0 Å². The zero-order valence-corrected chi connectivity index (χ0v) is 16.1. The molecule has 2 heterocycles. The van der Waals surface area contributed by atoms with Crippen LogP contribution in [-0.2, 0) is 11.8 Å². The molecule has 1 aromatic heterocycles. The molecule has 2 atom stereocenters. The lowest BCUT2D eigenvalue weighted by molar-refractivity contribution is -0.120. The highest BCUT2D eigenvalue weighted by Crippen LogP contribution is 2.27. The Bertz CT molecular complexity index is 834. The van der Waals surface area contributed by atoms with Gasteiger partial charge in [-0.15, -0.1) is 0 Å². The van der Waals surface area contributed by atoms with Crippen LogP contribution in [0.1, 0.15) is 28.9 Å². The average molecular weight is 391 g/mol. The summed E-state index contributed by atoms with van der Waals surface area (Å²) in [6.07, 6.45) is 2.30. The molecule has 1 saturated heterocycles. The Kier molecular flexibility index (Phi) is 5.70. The normalized spacial score (nSPS) is 19.7. The fraction of sp³-hybridized carbons (Fsp3) is 0.421. The molecule has 0 radical (unpaired) electrons. The van der Waals surface area contributed by atoms with E-state index in [1.54, 1.807) is 47.1 Å². The SMILES string of the molecule is Cc1nn(C)cc1C(=O)N1CC[C@H](Oc2ccc(Cl)cc2)[C@@H](CC(N)=O)C1. The Morgan fingerprint density at radius 2 is 2.04 bits per heavy atom. The van der Waals surface area contributed by atoms with Gasteiger partial charge in [-0.2, -0.15) is 5.10 Å². The number of aryl methyl sites for hydroxylation is 2. The Hall–Kier alpha value is -2.54. The van der Waals surface area contributed by atoms with E-state index < -0.39 is 5.91 Å². The van der Waals surface area contributed by atoms with Gasteiger partial charge in [-0.25, -0.2) is 0 Å². The second-order valence-corrected chi connectivity index (χ2v) is 7.32. The first-order valence-electron chi connectivity index (χ1n) is 8.83. The topological polar surface area (TPSA) is 90.4 Å². The van der Waals surface area contributed by atoms with E-state index in [-0.39, 0.29) is 24.3 Å². The van der Waals surface area contributed by atoms with Gasteiger partial charge in [0.25, 0.3) is 5.91 Å². The molecule has 2 aromatic rings. The molecule has 2 amide bonds. The van der Waals surface area contributed by atoms with E-state index in [1.807, 2.05) is 6.92 Å². The van der Waals surface area contributed by atoms with Crippen molar-refractivity contribution in [2.24, 2.45) is 18.7 Å². The Balaban J connectivity index is 1.73. The molecule has 8 heteroatoms. The van der Waals surface area contributed by atoms with Crippen molar-refractivity contribution in [1.82, 2.24) is 14.7 Å². The molecule has 27 heavy (non-hydrogen) atoms. The molecule has 7 nitrogen and oxygen atoms in total. The van der Waals surface area contributed by atoms with Crippen molar-refractivity contribution in [3.8, 4) is 5.75 Å². The van der Waals surface area contributed by atoms with Gasteiger partial charge in [0, 0.05) is 50.1 Å². The number of halogens is 1. The Morgan fingerprint density at radius 3 is 2.63 bits per heavy atom. The maximum Gasteiger partial charge on any atom is 0.257 e. The number of piperidine rings is 1. The number of nitrogens with two attached hydrogens (primary N) is 1. The quantitative estimate of drug-likeness (QED) is 0.847. The van der Waals surface area contributed by atoms with Crippen LogP contribution in [0.4, 0.5) is 0 Å². The summed E-state index contributed by atoms with van der Waals surface area (Å²) >= 11 is 5.91. The molecule has 0 bridgehead atoms. The van der Waals surface area contributed by atoms with Gasteiger partial charge in [0.15, 0.2) is 0 Å². The van der Waals surface area contributed by atoms with E-state index in [9.17, 15) is 9.59 Å². The second kappa shape index (κ2) is 8.00. The van der Waals surface area contributed by atoms with Crippen LogP contribution in [0.3, 0.4) is 0 Å². The van der Waals surface area contributed by atoms with E-state index in [4.69, 9.17) is 22.1 Å². The van der Waals surface area contributed by atoms with Gasteiger partial charge < -0.3 is 15.4 Å². The van der Waals surface area contributed by atoms with Crippen LogP contribution in [0.15, 0.2) is 30.5 Å². The smallest absolute Gasteiger partial charge is 0.257 e. The van der Waals surface area contributed by atoms with Crippen LogP contribution in [0.5, 0.6) is 5.75 Å². The van der Waals surface area contributed by atoms with Crippen LogP contribution in [0, 0.1) is 12.8 Å². The number of ether oxygens (including phenoxy) is 1. The number of amides is 2. The summed E-state index contributed by atoms with van der Waals surface area (Å²) in [7, 11) is 1.78. The molecule has 3 rings (SSSR count). The zero-order valence-electron chi connectivity index (χ0n) is 15.4. The third kappa shape index (κ3) is 4.60. The molecular formula is C19H23ClN4O3. The third-order valence-corrected chi connectivity index (χ3v) is 5.01. The number of hydrogen-bond acceptors (Lipinski definition) is 4. The van der Waals surface area contributed by atoms with Gasteiger partial charge in [-0.1, -0.05) is 11.6 Å². The van der Waals surface area contributed by atoms with Crippen molar-refractivity contribution in [2.75, 3.05) is 13.1 Å². The standard InChI is InChI=1S/C19H23ClN4O3/c1-12-16(11-23(2)22-12)19(26)24-8-7-17(13(10-24)9-18(21)25)27-15-5-3-14(20)4-6-15/h3-6,11,13,17H,7-10H2,1-2H3,(H2,21,25)/t13-,17-/m0/s1. The van der Waals surface area contributed by atoms with Crippen LogP contribution >= 0.6 is 11.6 Å². The number of rotatable bonds is 5. The molecule has 1 aliphatic heterocycles. The minimum absolute atomic E-state index is 0.0833. The number of carbonyl (C=O) groups excluding carboxylic acids is 2. The van der Waals surface area contributed by atoms with E-state index in [1.165, 1.54) is 0 Å². The van der Waals surface area contributed by atoms with Crippen molar-refractivity contribution in [1.29, 1.82) is 0 Å². The van der Waals surface area contributed by atoms with Gasteiger partial charge in [0.05, 0.1) is 11.3 Å². The third-order valence-electron chi connectivity index (χ3n) is 4.76. The number of likely N-dealkylation sites (tertiary alicyclic amines) is 1. The summed E-state index contributed by atoms with van der Waals surface area (Å²) < 4.78 is 7.69. The largest absolute Gasteiger partial charge is 0.490 e. The summed E-state index contributed by atoms with van der Waals surface area (Å²) in [4.78, 5) is 26.2. The number of hydrogen-bond donors (Lipinski definition) is 1. The molecule has 1 aromatic carbocycles. The maximum absolute atomic E-state index is 12.9. The van der Waals surface area contributed by atoms with Crippen LogP contribution in [0.2, 0.25) is 5.02 Å². The molecule has 144 valence electrons. The van der Waals surface area contributed by atoms with Crippen molar-refractivity contribution in [2.45, 2.75) is 25.9 Å². The van der Waals surface area contributed by atoms with Crippen molar-refractivity contribution < 1.29 is 14.3 Å². The van der Waals surface area contributed by atoms with Gasteiger partial charge >= 0.3 is 0 Å². The summed E-state index contributed by atoms with van der Waals surface area (Å²) in [6.45, 7) is 2.76. The first-order chi connectivity index (χ1) is 12.8. The lowest BCUT2D eigenvalue weighted by atomic mass is 9.90. The highest BCUT2D eigenvalue weighted by atomic mass is 35.5. The fourth-order valence-corrected chi connectivity index (χ4v) is 3.60.